The van der Waals surface area contributed by atoms with Gasteiger partial charge in [0.05, 0.1) is 0 Å². The van der Waals surface area contributed by atoms with E-state index in [2.05, 4.69) is 13.8 Å². The minimum absolute atomic E-state index is 0.0546. The average Bonchev–Trinajstić information content (AvgIpc) is 2.83. The van der Waals surface area contributed by atoms with Crippen molar-refractivity contribution in [3.63, 3.8) is 0 Å². The van der Waals surface area contributed by atoms with Gasteiger partial charge in [0.1, 0.15) is 18.1 Å². The van der Waals surface area contributed by atoms with Crippen LogP contribution >= 0.6 is 0 Å². The normalized spacial score (nSPS) is 19.2. The smallest absolute Gasteiger partial charge is 0.129 e. The van der Waals surface area contributed by atoms with E-state index in [0.717, 1.165) is 24.4 Å². The molecule has 1 heterocycles. The molecule has 3 heteroatoms. The van der Waals surface area contributed by atoms with E-state index < -0.39 is 0 Å². The van der Waals surface area contributed by atoms with Crippen molar-refractivity contribution in [1.29, 1.82) is 0 Å². The van der Waals surface area contributed by atoms with Gasteiger partial charge in [-0.1, -0.05) is 0 Å². The van der Waals surface area contributed by atoms with Gasteiger partial charge in [0.2, 0.25) is 0 Å². The molecule has 1 aromatic rings. The van der Waals surface area contributed by atoms with Gasteiger partial charge in [0.15, 0.2) is 0 Å². The topological polar surface area (TPSA) is 48.4 Å². The van der Waals surface area contributed by atoms with Crippen molar-refractivity contribution < 1.29 is 9.15 Å². The lowest BCUT2D eigenvalue weighted by Crippen LogP contribution is -2.45. The Morgan fingerprint density at radius 2 is 2.13 bits per heavy atom. The van der Waals surface area contributed by atoms with Crippen LogP contribution < -0.4 is 5.73 Å². The summed E-state index contributed by atoms with van der Waals surface area (Å²) in [5, 5.41) is 0. The van der Waals surface area contributed by atoms with E-state index in [1.807, 2.05) is 12.1 Å². The van der Waals surface area contributed by atoms with Crippen molar-refractivity contribution >= 4 is 0 Å². The van der Waals surface area contributed by atoms with E-state index in [9.17, 15) is 0 Å². The minimum Gasteiger partial charge on any atom is -0.463 e. The number of rotatable bonds is 4. The minimum atomic E-state index is -0.213. The second kappa shape index (κ2) is 3.35. The molecule has 1 aliphatic carbocycles. The lowest BCUT2D eigenvalue weighted by molar-refractivity contribution is 0.160. The fourth-order valence-electron chi connectivity index (χ4n) is 2.19. The molecule has 0 unspecified atom stereocenters. The SMILES string of the molecule is COCc1ccc(C2(C(C)(C)N)CC2)o1. The molecular formula is C12H19NO2. The Balaban J connectivity index is 2.23. The largest absolute Gasteiger partial charge is 0.463 e. The van der Waals surface area contributed by atoms with Gasteiger partial charge < -0.3 is 14.9 Å². The first-order valence-electron chi connectivity index (χ1n) is 5.37. The Labute approximate surface area is 90.6 Å². The number of hydrogen-bond donors (Lipinski definition) is 1. The molecule has 0 aliphatic heterocycles. The molecule has 0 atom stereocenters. The van der Waals surface area contributed by atoms with Crippen LogP contribution in [0, 0.1) is 0 Å². The van der Waals surface area contributed by atoms with Crippen LogP contribution in [0.1, 0.15) is 38.2 Å². The first kappa shape index (κ1) is 10.7. The third-order valence-corrected chi connectivity index (χ3v) is 3.40. The highest BCUT2D eigenvalue weighted by Crippen LogP contribution is 2.55. The first-order valence-corrected chi connectivity index (χ1v) is 5.37. The van der Waals surface area contributed by atoms with Gasteiger partial charge in [-0.2, -0.15) is 0 Å². The van der Waals surface area contributed by atoms with Gasteiger partial charge in [-0.05, 0) is 38.8 Å². The Morgan fingerprint density at radius 1 is 1.47 bits per heavy atom. The van der Waals surface area contributed by atoms with Crippen molar-refractivity contribution in [3.05, 3.63) is 23.7 Å². The van der Waals surface area contributed by atoms with Crippen molar-refractivity contribution in [1.82, 2.24) is 0 Å². The molecule has 1 fully saturated rings. The quantitative estimate of drug-likeness (QED) is 0.827. The number of nitrogens with two attached hydrogens (primary N) is 1. The Kier molecular flexibility index (Phi) is 2.40. The molecule has 0 aromatic carbocycles. The maximum absolute atomic E-state index is 6.20. The molecule has 1 aliphatic rings. The third kappa shape index (κ3) is 1.70. The first-order chi connectivity index (χ1) is 6.99. The van der Waals surface area contributed by atoms with Crippen molar-refractivity contribution in [3.8, 4) is 0 Å². The molecule has 0 spiro atoms. The lowest BCUT2D eigenvalue weighted by Gasteiger charge is -2.28. The summed E-state index contributed by atoms with van der Waals surface area (Å²) >= 11 is 0. The molecule has 15 heavy (non-hydrogen) atoms. The van der Waals surface area contributed by atoms with Crippen molar-refractivity contribution in [2.75, 3.05) is 7.11 Å². The predicted octanol–water partition coefficient (Wildman–Crippen LogP) is 2.19. The van der Waals surface area contributed by atoms with Crippen molar-refractivity contribution in [2.24, 2.45) is 5.73 Å². The molecule has 1 aromatic heterocycles. The van der Waals surface area contributed by atoms with Crippen LogP contribution in [0.4, 0.5) is 0 Å². The summed E-state index contributed by atoms with van der Waals surface area (Å²) in [7, 11) is 1.67. The highest BCUT2D eigenvalue weighted by Gasteiger charge is 2.56. The Hall–Kier alpha value is -0.800. The maximum atomic E-state index is 6.20. The number of furan rings is 1. The highest BCUT2D eigenvalue weighted by atomic mass is 16.5. The van der Waals surface area contributed by atoms with Crippen LogP contribution in [-0.4, -0.2) is 12.6 Å². The fourth-order valence-corrected chi connectivity index (χ4v) is 2.19. The number of methoxy groups -OCH3 is 1. The van der Waals surface area contributed by atoms with E-state index in [-0.39, 0.29) is 11.0 Å². The second-order valence-corrected chi connectivity index (χ2v) is 5.00. The van der Waals surface area contributed by atoms with Gasteiger partial charge in [-0.25, -0.2) is 0 Å². The molecule has 0 saturated heterocycles. The Bertz CT molecular complexity index is 345. The molecule has 3 nitrogen and oxygen atoms in total. The zero-order valence-electron chi connectivity index (χ0n) is 9.67. The summed E-state index contributed by atoms with van der Waals surface area (Å²) in [6.07, 6.45) is 2.24. The summed E-state index contributed by atoms with van der Waals surface area (Å²) in [4.78, 5) is 0. The zero-order valence-corrected chi connectivity index (χ0v) is 9.67. The molecule has 0 bridgehead atoms. The summed E-state index contributed by atoms with van der Waals surface area (Å²) < 4.78 is 10.8. The van der Waals surface area contributed by atoms with E-state index in [4.69, 9.17) is 14.9 Å². The molecule has 84 valence electrons. The van der Waals surface area contributed by atoms with Gasteiger partial charge in [0.25, 0.3) is 0 Å². The maximum Gasteiger partial charge on any atom is 0.129 e. The monoisotopic (exact) mass is 209 g/mol. The van der Waals surface area contributed by atoms with Crippen LogP contribution in [0.25, 0.3) is 0 Å². The van der Waals surface area contributed by atoms with Gasteiger partial charge in [-0.3, -0.25) is 0 Å². The molecule has 2 rings (SSSR count). The van der Waals surface area contributed by atoms with Gasteiger partial charge in [-0.15, -0.1) is 0 Å². The zero-order chi connectivity index (χ0) is 11.1. The molecular weight excluding hydrogens is 190 g/mol. The van der Waals surface area contributed by atoms with Crippen molar-refractivity contribution in [2.45, 2.75) is 44.2 Å². The van der Waals surface area contributed by atoms with Crippen LogP contribution in [0.15, 0.2) is 16.5 Å². The average molecular weight is 209 g/mol. The van der Waals surface area contributed by atoms with Gasteiger partial charge >= 0.3 is 0 Å². The highest BCUT2D eigenvalue weighted by molar-refractivity contribution is 5.30. The molecule has 2 N–H and O–H groups in total. The summed E-state index contributed by atoms with van der Waals surface area (Å²) in [6.45, 7) is 4.66. The van der Waals surface area contributed by atoms with E-state index in [1.54, 1.807) is 7.11 Å². The summed E-state index contributed by atoms with van der Waals surface area (Å²) in [5.74, 6) is 1.89. The van der Waals surface area contributed by atoms with Crippen LogP contribution in [0.2, 0.25) is 0 Å². The predicted molar refractivity (Wildman–Crippen MR) is 58.6 cm³/mol. The summed E-state index contributed by atoms with van der Waals surface area (Å²) in [5.41, 5.74) is 6.04. The van der Waals surface area contributed by atoms with Crippen LogP contribution in [-0.2, 0) is 16.8 Å². The third-order valence-electron chi connectivity index (χ3n) is 3.40. The lowest BCUT2D eigenvalue weighted by atomic mass is 9.83. The number of ether oxygens (including phenoxy) is 1. The van der Waals surface area contributed by atoms with E-state index in [0.29, 0.717) is 6.61 Å². The van der Waals surface area contributed by atoms with Crippen LogP contribution in [0.5, 0.6) is 0 Å². The molecule has 0 radical (unpaired) electrons. The van der Waals surface area contributed by atoms with E-state index >= 15 is 0 Å². The Morgan fingerprint density at radius 3 is 2.60 bits per heavy atom. The summed E-state index contributed by atoms with van der Waals surface area (Å²) in [6, 6.07) is 4.01. The second-order valence-electron chi connectivity index (χ2n) is 5.00. The van der Waals surface area contributed by atoms with E-state index in [1.165, 1.54) is 0 Å². The fraction of sp³-hybridized carbons (Fsp3) is 0.667. The standard InChI is InChI=1S/C12H19NO2/c1-11(2,13)12(6-7-12)10-5-4-9(15-10)8-14-3/h4-5H,6-8,13H2,1-3H3. The van der Waals surface area contributed by atoms with Gasteiger partial charge in [0, 0.05) is 18.1 Å². The molecule has 1 saturated carbocycles. The molecule has 0 amide bonds. The van der Waals surface area contributed by atoms with Crippen LogP contribution in [0.3, 0.4) is 0 Å². The number of hydrogen-bond acceptors (Lipinski definition) is 3.